The zero-order chi connectivity index (χ0) is 23.0. The van der Waals surface area contributed by atoms with Gasteiger partial charge in [0.25, 0.3) is 0 Å². The van der Waals surface area contributed by atoms with Crippen LogP contribution in [0.3, 0.4) is 0 Å². The summed E-state index contributed by atoms with van der Waals surface area (Å²) in [5.41, 5.74) is 2.62. The quantitative estimate of drug-likeness (QED) is 0.407. The maximum absolute atomic E-state index is 12.2. The Bertz CT molecular complexity index is 1020. The van der Waals surface area contributed by atoms with E-state index in [0.717, 1.165) is 22.7 Å². The van der Waals surface area contributed by atoms with E-state index in [0.29, 0.717) is 19.0 Å². The Balaban J connectivity index is 1.47. The molecule has 0 fully saturated rings. The first-order valence-corrected chi connectivity index (χ1v) is 9.78. The monoisotopic (exact) mass is 447 g/mol. The third-order valence-corrected chi connectivity index (χ3v) is 4.43. The minimum absolute atomic E-state index is 0.168. The fourth-order valence-corrected chi connectivity index (χ4v) is 2.78. The fourth-order valence-electron chi connectivity index (χ4n) is 2.78. The van der Waals surface area contributed by atoms with Gasteiger partial charge in [0.05, 0.1) is 25.0 Å². The van der Waals surface area contributed by atoms with Gasteiger partial charge in [-0.2, -0.15) is 18.3 Å². The first-order chi connectivity index (χ1) is 15.4. The summed E-state index contributed by atoms with van der Waals surface area (Å²) >= 11 is 0. The van der Waals surface area contributed by atoms with Crippen LogP contribution in [0.25, 0.3) is 5.69 Å². The average Bonchev–Trinajstić information content (AvgIpc) is 3.27. The van der Waals surface area contributed by atoms with Crippen LogP contribution in [0.1, 0.15) is 11.3 Å². The topological polar surface area (TPSA) is 72.7 Å². The van der Waals surface area contributed by atoms with Crippen molar-refractivity contribution >= 4 is 5.96 Å². The van der Waals surface area contributed by atoms with E-state index in [-0.39, 0.29) is 5.75 Å². The van der Waals surface area contributed by atoms with E-state index in [2.05, 4.69) is 20.7 Å². The summed E-state index contributed by atoms with van der Waals surface area (Å²) in [5, 5.41) is 10.9. The fraction of sp³-hybridized carbons (Fsp3) is 0.273. The Labute approximate surface area is 183 Å². The SMILES string of the molecule is CN=C(NCc1ccc(OCC(F)(F)F)cc1)NCc1ccn(-c2ccc(OC)cc2)n1. The highest BCUT2D eigenvalue weighted by molar-refractivity contribution is 5.79. The van der Waals surface area contributed by atoms with Gasteiger partial charge in [-0.3, -0.25) is 4.99 Å². The second-order valence-electron chi connectivity index (χ2n) is 6.78. The minimum Gasteiger partial charge on any atom is -0.497 e. The normalized spacial score (nSPS) is 11.8. The van der Waals surface area contributed by atoms with Gasteiger partial charge in [0.15, 0.2) is 12.6 Å². The van der Waals surface area contributed by atoms with E-state index < -0.39 is 12.8 Å². The van der Waals surface area contributed by atoms with Gasteiger partial charge >= 0.3 is 6.18 Å². The summed E-state index contributed by atoms with van der Waals surface area (Å²) in [6.45, 7) is -0.401. The summed E-state index contributed by atoms with van der Waals surface area (Å²) < 4.78 is 48.3. The van der Waals surface area contributed by atoms with Crippen LogP contribution in [0.4, 0.5) is 13.2 Å². The van der Waals surface area contributed by atoms with Crippen molar-refractivity contribution in [2.75, 3.05) is 20.8 Å². The Morgan fingerprint density at radius 3 is 2.25 bits per heavy atom. The van der Waals surface area contributed by atoms with E-state index >= 15 is 0 Å². The van der Waals surface area contributed by atoms with Crippen molar-refractivity contribution in [1.29, 1.82) is 0 Å². The number of hydrogen-bond acceptors (Lipinski definition) is 4. The molecule has 0 saturated heterocycles. The molecule has 0 amide bonds. The number of aliphatic imine (C=N–C) groups is 1. The van der Waals surface area contributed by atoms with Crippen LogP contribution in [0.2, 0.25) is 0 Å². The van der Waals surface area contributed by atoms with Crippen LogP contribution in [-0.4, -0.2) is 42.7 Å². The lowest BCUT2D eigenvalue weighted by Crippen LogP contribution is -2.36. The van der Waals surface area contributed by atoms with Crippen molar-refractivity contribution in [3.05, 3.63) is 72.1 Å². The van der Waals surface area contributed by atoms with Crippen molar-refractivity contribution < 1.29 is 22.6 Å². The molecule has 3 rings (SSSR count). The van der Waals surface area contributed by atoms with Crippen molar-refractivity contribution in [3.8, 4) is 17.2 Å². The van der Waals surface area contributed by atoms with E-state index in [1.165, 1.54) is 12.1 Å². The average molecular weight is 447 g/mol. The molecular weight excluding hydrogens is 423 g/mol. The highest BCUT2D eigenvalue weighted by Gasteiger charge is 2.28. The van der Waals surface area contributed by atoms with Gasteiger partial charge < -0.3 is 20.1 Å². The van der Waals surface area contributed by atoms with Gasteiger partial charge in [0.2, 0.25) is 0 Å². The van der Waals surface area contributed by atoms with Crippen LogP contribution >= 0.6 is 0 Å². The third kappa shape index (κ3) is 6.93. The van der Waals surface area contributed by atoms with Crippen molar-refractivity contribution in [2.45, 2.75) is 19.3 Å². The number of hydrogen-bond donors (Lipinski definition) is 2. The molecule has 32 heavy (non-hydrogen) atoms. The molecular formula is C22H24F3N5O2. The third-order valence-electron chi connectivity index (χ3n) is 4.43. The first kappa shape index (κ1) is 23.0. The number of nitrogens with zero attached hydrogens (tertiary/aromatic N) is 3. The summed E-state index contributed by atoms with van der Waals surface area (Å²) in [7, 11) is 3.27. The summed E-state index contributed by atoms with van der Waals surface area (Å²) in [5.74, 6) is 1.52. The number of rotatable bonds is 8. The molecule has 0 aliphatic rings. The van der Waals surface area contributed by atoms with E-state index in [1.54, 1.807) is 31.0 Å². The molecule has 0 unspecified atom stereocenters. The Morgan fingerprint density at radius 1 is 0.969 bits per heavy atom. The summed E-state index contributed by atoms with van der Waals surface area (Å²) in [6.07, 6.45) is -2.49. The number of alkyl halides is 3. The molecule has 0 bridgehead atoms. The molecule has 10 heteroatoms. The Morgan fingerprint density at radius 2 is 1.62 bits per heavy atom. The van der Waals surface area contributed by atoms with Gasteiger partial charge in [-0.1, -0.05) is 12.1 Å². The number of halogens is 3. The summed E-state index contributed by atoms with van der Waals surface area (Å²) in [6, 6.07) is 15.9. The van der Waals surface area contributed by atoms with Crippen LogP contribution in [-0.2, 0) is 13.1 Å². The van der Waals surface area contributed by atoms with Gasteiger partial charge in [-0.15, -0.1) is 0 Å². The summed E-state index contributed by atoms with van der Waals surface area (Å²) in [4.78, 5) is 4.17. The maximum atomic E-state index is 12.2. The zero-order valence-corrected chi connectivity index (χ0v) is 17.7. The molecule has 7 nitrogen and oxygen atoms in total. The van der Waals surface area contributed by atoms with E-state index in [4.69, 9.17) is 9.47 Å². The molecule has 170 valence electrons. The molecule has 1 aromatic heterocycles. The molecule has 3 aromatic rings. The number of benzene rings is 2. The lowest BCUT2D eigenvalue weighted by atomic mass is 10.2. The number of guanidine groups is 1. The van der Waals surface area contributed by atoms with Gasteiger partial charge in [-0.05, 0) is 48.0 Å². The second-order valence-corrected chi connectivity index (χ2v) is 6.78. The molecule has 0 radical (unpaired) electrons. The molecule has 1 heterocycles. The molecule has 0 aliphatic carbocycles. The number of methoxy groups -OCH3 is 1. The minimum atomic E-state index is -4.36. The first-order valence-electron chi connectivity index (χ1n) is 9.78. The van der Waals surface area contributed by atoms with Crippen LogP contribution in [0, 0.1) is 0 Å². The largest absolute Gasteiger partial charge is 0.497 e. The molecule has 0 saturated carbocycles. The van der Waals surface area contributed by atoms with Crippen LogP contribution < -0.4 is 20.1 Å². The van der Waals surface area contributed by atoms with Crippen molar-refractivity contribution in [1.82, 2.24) is 20.4 Å². The van der Waals surface area contributed by atoms with Crippen LogP contribution in [0.5, 0.6) is 11.5 Å². The number of aromatic nitrogens is 2. The highest BCUT2D eigenvalue weighted by Crippen LogP contribution is 2.19. The van der Waals surface area contributed by atoms with Gasteiger partial charge in [0, 0.05) is 19.8 Å². The van der Waals surface area contributed by atoms with Crippen molar-refractivity contribution in [3.63, 3.8) is 0 Å². The highest BCUT2D eigenvalue weighted by atomic mass is 19.4. The Hall–Kier alpha value is -3.69. The standard InChI is InChI=1S/C22H24F3N5O2/c1-26-21(27-13-16-3-7-20(8-4-16)32-15-22(23,24)25)28-14-17-11-12-30(29-17)18-5-9-19(31-2)10-6-18/h3-12H,13-15H2,1-2H3,(H2,26,27,28). The predicted molar refractivity (Wildman–Crippen MR) is 115 cm³/mol. The molecule has 2 N–H and O–H groups in total. The van der Waals surface area contributed by atoms with E-state index in [9.17, 15) is 13.2 Å². The maximum Gasteiger partial charge on any atom is 0.422 e. The lowest BCUT2D eigenvalue weighted by molar-refractivity contribution is -0.153. The lowest BCUT2D eigenvalue weighted by Gasteiger charge is -2.12. The van der Waals surface area contributed by atoms with E-state index in [1.807, 2.05) is 36.5 Å². The molecule has 2 aromatic carbocycles. The second kappa shape index (κ2) is 10.6. The smallest absolute Gasteiger partial charge is 0.422 e. The Kier molecular flexibility index (Phi) is 7.58. The predicted octanol–water partition coefficient (Wildman–Crippen LogP) is 3.69. The number of ether oxygens (including phenoxy) is 2. The van der Waals surface area contributed by atoms with Crippen LogP contribution in [0.15, 0.2) is 65.8 Å². The van der Waals surface area contributed by atoms with Gasteiger partial charge in [0.1, 0.15) is 11.5 Å². The number of nitrogens with one attached hydrogen (secondary N) is 2. The molecule has 0 spiro atoms. The molecule has 0 atom stereocenters. The van der Waals surface area contributed by atoms with Crippen molar-refractivity contribution in [2.24, 2.45) is 4.99 Å². The van der Waals surface area contributed by atoms with Gasteiger partial charge in [-0.25, -0.2) is 4.68 Å². The zero-order valence-electron chi connectivity index (χ0n) is 17.7. The molecule has 0 aliphatic heterocycles.